The second-order valence-electron chi connectivity index (χ2n) is 10.8. The van der Waals surface area contributed by atoms with Crippen LogP contribution in [0.4, 0.5) is 25.5 Å². The van der Waals surface area contributed by atoms with Crippen LogP contribution < -0.4 is 15.0 Å². The van der Waals surface area contributed by atoms with E-state index in [2.05, 4.69) is 15.5 Å². The van der Waals surface area contributed by atoms with Crippen LogP contribution in [0, 0.1) is 5.82 Å². The van der Waals surface area contributed by atoms with Gasteiger partial charge in [-0.3, -0.25) is 0 Å². The zero-order chi connectivity index (χ0) is 29.8. The Balaban J connectivity index is 2.05. The first-order valence-electron chi connectivity index (χ1n) is 12.3. The first kappa shape index (κ1) is 30.1. The average Bonchev–Trinajstić information content (AvgIpc) is 2.85. The number of nitrogens with one attached hydrogen (secondary N) is 1. The van der Waals surface area contributed by atoms with Gasteiger partial charge in [0, 0.05) is 16.5 Å². The molecule has 0 radical (unpaired) electrons. The summed E-state index contributed by atoms with van der Waals surface area (Å²) in [6, 6.07) is 7.88. The second kappa shape index (κ2) is 11.7. The third kappa shape index (κ3) is 7.33. The van der Waals surface area contributed by atoms with E-state index in [9.17, 15) is 18.8 Å². The highest BCUT2D eigenvalue weighted by atomic mass is 19.1. The van der Waals surface area contributed by atoms with Crippen LogP contribution >= 0.6 is 0 Å². The number of nitrogens with zero attached hydrogens (tertiary/aromatic N) is 3. The Morgan fingerprint density at radius 2 is 1.55 bits per heavy atom. The highest BCUT2D eigenvalue weighted by Gasteiger charge is 2.35. The van der Waals surface area contributed by atoms with Crippen molar-refractivity contribution in [2.75, 3.05) is 24.4 Å². The van der Waals surface area contributed by atoms with Crippen molar-refractivity contribution in [2.45, 2.75) is 58.8 Å². The van der Waals surface area contributed by atoms with E-state index in [0.29, 0.717) is 26.9 Å². The lowest BCUT2D eigenvalue weighted by Crippen LogP contribution is -2.44. The minimum Gasteiger partial charge on any atom is -0.494 e. The van der Waals surface area contributed by atoms with E-state index in [-0.39, 0.29) is 11.6 Å². The molecule has 0 aliphatic heterocycles. The number of fused-ring (bicyclic) bond motifs is 1. The lowest BCUT2D eigenvalue weighted by atomic mass is 10.1. The number of amides is 2. The van der Waals surface area contributed by atoms with Gasteiger partial charge in [-0.2, -0.15) is 10.00 Å². The number of hydrogen-bond acceptors (Lipinski definition) is 10. The fraction of sp³-hybridized carbons (Fsp3) is 0.393. The Hall–Kier alpha value is -4.48. The van der Waals surface area contributed by atoms with Crippen molar-refractivity contribution in [2.24, 2.45) is 0 Å². The summed E-state index contributed by atoms with van der Waals surface area (Å²) < 4.78 is 34.9. The molecule has 12 heteroatoms. The molecule has 1 unspecified atom stereocenters. The fourth-order valence-corrected chi connectivity index (χ4v) is 3.61. The van der Waals surface area contributed by atoms with E-state index in [0.717, 1.165) is 0 Å². The van der Waals surface area contributed by atoms with Gasteiger partial charge in [-0.1, -0.05) is 6.07 Å². The highest BCUT2D eigenvalue weighted by molar-refractivity contribution is 6.13. The number of hydrogen-bond donors (Lipinski definition) is 1. The molecule has 1 aromatic heterocycles. The van der Waals surface area contributed by atoms with Gasteiger partial charge in [0.1, 0.15) is 11.2 Å². The Morgan fingerprint density at radius 3 is 2.10 bits per heavy atom. The third-order valence-corrected chi connectivity index (χ3v) is 5.26. The van der Waals surface area contributed by atoms with Gasteiger partial charge in [-0.15, -0.1) is 5.10 Å². The Labute approximate surface area is 231 Å². The summed E-state index contributed by atoms with van der Waals surface area (Å²) in [5.41, 5.74) is -0.942. The first-order chi connectivity index (χ1) is 18.6. The molecule has 0 saturated carbocycles. The topological polar surface area (TPSA) is 129 Å². The molecule has 0 saturated heterocycles. The SMILES string of the molecule is COC(=O)C(Nc1ccc2c(N(C(=O)OC(C)(C)C)C(=O)OC(C)(C)C)nncc2c1)c1ccc(F)c(OC)c1. The van der Waals surface area contributed by atoms with Gasteiger partial charge in [-0.05, 0) is 77.4 Å². The minimum absolute atomic E-state index is 0.0315. The zero-order valence-corrected chi connectivity index (χ0v) is 23.7. The van der Waals surface area contributed by atoms with Gasteiger partial charge in [0.2, 0.25) is 0 Å². The standard InChI is InChI=1S/C28H33FN4O7/c1-27(2,3)39-25(35)33(26(36)40-28(4,5)6)23-19-11-10-18(13-17(19)15-30-32-23)31-22(24(34)38-8)16-9-12-20(29)21(14-16)37-7/h9-15,22,31H,1-8H3. The fourth-order valence-electron chi connectivity index (χ4n) is 3.61. The smallest absolute Gasteiger partial charge is 0.425 e. The number of rotatable bonds is 6. The van der Waals surface area contributed by atoms with Crippen molar-refractivity contribution in [3.8, 4) is 5.75 Å². The molecule has 214 valence electrons. The predicted octanol–water partition coefficient (Wildman–Crippen LogP) is 5.78. The molecule has 11 nitrogen and oxygen atoms in total. The van der Waals surface area contributed by atoms with E-state index >= 15 is 0 Å². The number of halogens is 1. The molecule has 0 fully saturated rings. The van der Waals surface area contributed by atoms with Crippen LogP contribution in [0.15, 0.2) is 42.6 Å². The molecule has 1 atom stereocenters. The van der Waals surface area contributed by atoms with E-state index in [1.54, 1.807) is 59.7 Å². The summed E-state index contributed by atoms with van der Waals surface area (Å²) in [6.45, 7) is 10.00. The summed E-state index contributed by atoms with van der Waals surface area (Å²) >= 11 is 0. The lowest BCUT2D eigenvalue weighted by molar-refractivity contribution is -0.141. The van der Waals surface area contributed by atoms with Crippen LogP contribution in [-0.2, 0) is 19.0 Å². The van der Waals surface area contributed by atoms with E-state index in [4.69, 9.17) is 18.9 Å². The van der Waals surface area contributed by atoms with Gasteiger partial charge in [0.15, 0.2) is 23.4 Å². The van der Waals surface area contributed by atoms with Crippen LogP contribution in [0.2, 0.25) is 0 Å². The molecule has 2 aromatic carbocycles. The summed E-state index contributed by atoms with van der Waals surface area (Å²) in [5.74, 6) is -1.33. The van der Waals surface area contributed by atoms with Gasteiger partial charge in [0.25, 0.3) is 0 Å². The number of benzene rings is 2. The second-order valence-corrected chi connectivity index (χ2v) is 10.8. The maximum Gasteiger partial charge on any atom is 0.425 e. The van der Waals surface area contributed by atoms with Crippen molar-refractivity contribution in [1.29, 1.82) is 0 Å². The van der Waals surface area contributed by atoms with Crippen LogP contribution in [0.25, 0.3) is 10.8 Å². The van der Waals surface area contributed by atoms with Crippen molar-refractivity contribution in [3.63, 3.8) is 0 Å². The normalized spacial score (nSPS) is 12.3. The van der Waals surface area contributed by atoms with Crippen LogP contribution in [0.5, 0.6) is 5.75 Å². The largest absolute Gasteiger partial charge is 0.494 e. The van der Waals surface area contributed by atoms with Gasteiger partial charge in [-0.25, -0.2) is 18.8 Å². The molecule has 2 amide bonds. The first-order valence-corrected chi connectivity index (χ1v) is 12.3. The number of methoxy groups -OCH3 is 2. The Kier molecular flexibility index (Phi) is 8.81. The van der Waals surface area contributed by atoms with E-state index in [1.807, 2.05) is 0 Å². The molecule has 0 bridgehead atoms. The Bertz CT molecular complexity index is 1390. The molecule has 0 aliphatic rings. The maximum absolute atomic E-state index is 14.0. The van der Waals surface area contributed by atoms with Crippen molar-refractivity contribution >= 4 is 40.4 Å². The highest BCUT2D eigenvalue weighted by Crippen LogP contribution is 2.31. The van der Waals surface area contributed by atoms with Crippen molar-refractivity contribution in [3.05, 3.63) is 54.0 Å². The number of esters is 1. The number of aromatic nitrogens is 2. The van der Waals surface area contributed by atoms with Crippen LogP contribution in [0.1, 0.15) is 53.1 Å². The van der Waals surface area contributed by atoms with Crippen molar-refractivity contribution < 1.29 is 37.7 Å². The van der Waals surface area contributed by atoms with E-state index in [1.165, 1.54) is 38.6 Å². The molecule has 0 spiro atoms. The summed E-state index contributed by atoms with van der Waals surface area (Å²) in [5, 5.41) is 11.9. The summed E-state index contributed by atoms with van der Waals surface area (Å²) in [7, 11) is 2.56. The predicted molar refractivity (Wildman–Crippen MR) is 146 cm³/mol. The molecule has 3 rings (SSSR count). The summed E-state index contributed by atoms with van der Waals surface area (Å²) in [6.07, 6.45) is -0.538. The number of anilines is 2. The molecular weight excluding hydrogens is 523 g/mol. The number of imide groups is 1. The maximum atomic E-state index is 14.0. The average molecular weight is 557 g/mol. The molecule has 1 N–H and O–H groups in total. The Morgan fingerprint density at radius 1 is 0.925 bits per heavy atom. The van der Waals surface area contributed by atoms with Gasteiger partial charge < -0.3 is 24.3 Å². The van der Waals surface area contributed by atoms with Crippen LogP contribution in [-0.4, -0.2) is 53.8 Å². The van der Waals surface area contributed by atoms with Crippen molar-refractivity contribution in [1.82, 2.24) is 10.2 Å². The number of carbonyl (C=O) groups is 3. The molecule has 0 aliphatic carbocycles. The molecule has 40 heavy (non-hydrogen) atoms. The minimum atomic E-state index is -1.01. The monoisotopic (exact) mass is 556 g/mol. The number of ether oxygens (including phenoxy) is 4. The quantitative estimate of drug-likeness (QED) is 0.295. The molecular formula is C28H33FN4O7. The molecule has 3 aromatic rings. The summed E-state index contributed by atoms with van der Waals surface area (Å²) in [4.78, 5) is 39.6. The third-order valence-electron chi connectivity index (χ3n) is 5.26. The van der Waals surface area contributed by atoms with E-state index < -0.39 is 41.2 Å². The number of carbonyl (C=O) groups excluding carboxylic acids is 3. The molecule has 1 heterocycles. The lowest BCUT2D eigenvalue weighted by Gasteiger charge is -2.28. The van der Waals surface area contributed by atoms with Gasteiger partial charge >= 0.3 is 18.2 Å². The zero-order valence-electron chi connectivity index (χ0n) is 23.7. The van der Waals surface area contributed by atoms with Crippen LogP contribution in [0.3, 0.4) is 0 Å². The van der Waals surface area contributed by atoms with Gasteiger partial charge in [0.05, 0.1) is 20.4 Å².